The molecule has 0 saturated heterocycles. The second-order valence-corrected chi connectivity index (χ2v) is 7.80. The van der Waals surface area contributed by atoms with Crippen LogP contribution in [0.4, 0.5) is 5.69 Å². The average Bonchev–Trinajstić information content (AvgIpc) is 2.87. The molecule has 3 aromatic carbocycles. The van der Waals surface area contributed by atoms with Gasteiger partial charge in [0.2, 0.25) is 5.91 Å². The first-order valence-corrected chi connectivity index (χ1v) is 10.6. The minimum absolute atomic E-state index is 0.0622. The summed E-state index contributed by atoms with van der Waals surface area (Å²) in [7, 11) is 0. The van der Waals surface area contributed by atoms with Crippen molar-refractivity contribution in [3.8, 4) is 0 Å². The summed E-state index contributed by atoms with van der Waals surface area (Å²) in [6, 6.07) is 16.7. The molecule has 0 saturated carbocycles. The first kappa shape index (κ1) is 17.4. The number of aryl methyl sites for hydroxylation is 2. The zero-order chi connectivity index (χ0) is 28.6. The summed E-state index contributed by atoms with van der Waals surface area (Å²) in [6.45, 7) is -1.75. The van der Waals surface area contributed by atoms with Crippen molar-refractivity contribution in [1.82, 2.24) is 4.98 Å². The summed E-state index contributed by atoms with van der Waals surface area (Å²) < 4.78 is 46.8. The van der Waals surface area contributed by atoms with Crippen LogP contribution in [0, 0.1) is 13.8 Å². The van der Waals surface area contributed by atoms with Crippen LogP contribution in [-0.4, -0.2) is 23.4 Å². The van der Waals surface area contributed by atoms with Gasteiger partial charge in [0.05, 0.1) is 14.2 Å². The van der Waals surface area contributed by atoms with Crippen LogP contribution < -0.4 is 11.1 Å². The SMILES string of the molecule is [2H]C([2H])(OC(=O)c1ccc(C)cc1C)c1ccc([C@]([2H])(C(=O)Nc2ccc3cnccc3c2)C([2H])([2H])N)cc1. The van der Waals surface area contributed by atoms with Gasteiger partial charge in [-0.1, -0.05) is 48.0 Å². The summed E-state index contributed by atoms with van der Waals surface area (Å²) in [6.07, 6.45) is 3.26. The third kappa shape index (κ3) is 5.30. The zero-order valence-electron chi connectivity index (χ0n) is 23.8. The molecule has 4 aromatic rings. The van der Waals surface area contributed by atoms with Crippen LogP contribution in [0.25, 0.3) is 10.8 Å². The molecule has 1 aromatic heterocycles. The van der Waals surface area contributed by atoms with Crippen LogP contribution in [0.1, 0.15) is 45.4 Å². The van der Waals surface area contributed by atoms with Crippen LogP contribution in [0.15, 0.2) is 79.1 Å². The Morgan fingerprint density at radius 3 is 2.59 bits per heavy atom. The number of nitrogens with zero attached hydrogens (tertiary/aromatic N) is 1. The minimum atomic E-state index is -2.81. The molecule has 172 valence electrons. The number of hydrogen-bond donors (Lipinski definition) is 2. The van der Waals surface area contributed by atoms with Crippen molar-refractivity contribution >= 4 is 28.3 Å². The van der Waals surface area contributed by atoms with Crippen LogP contribution in [0.2, 0.25) is 0 Å². The largest absolute Gasteiger partial charge is 0.457 e. The lowest BCUT2D eigenvalue weighted by Crippen LogP contribution is -2.27. The summed E-state index contributed by atoms with van der Waals surface area (Å²) in [5, 5.41) is 4.19. The van der Waals surface area contributed by atoms with Crippen molar-refractivity contribution in [2.24, 2.45) is 5.73 Å². The van der Waals surface area contributed by atoms with Crippen LogP contribution in [0.3, 0.4) is 0 Å². The van der Waals surface area contributed by atoms with E-state index in [4.69, 9.17) is 17.3 Å². The molecular weight excluding hydrogens is 426 g/mol. The molecular formula is C28H27N3O3. The van der Waals surface area contributed by atoms with Crippen molar-refractivity contribution in [2.45, 2.75) is 26.3 Å². The molecule has 0 aliphatic rings. The van der Waals surface area contributed by atoms with Crippen molar-refractivity contribution in [3.05, 3.63) is 107 Å². The second kappa shape index (κ2) is 10.3. The predicted octanol–water partition coefficient (Wildman–Crippen LogP) is 4.89. The quantitative estimate of drug-likeness (QED) is 0.385. The second-order valence-electron chi connectivity index (χ2n) is 7.80. The van der Waals surface area contributed by atoms with Crippen LogP contribution >= 0.6 is 0 Å². The Bertz CT molecular complexity index is 1550. The van der Waals surface area contributed by atoms with Gasteiger partial charge in [-0.25, -0.2) is 4.79 Å². The summed E-state index contributed by atoms with van der Waals surface area (Å²) in [5.74, 6) is -4.46. The Morgan fingerprint density at radius 2 is 1.85 bits per heavy atom. The van der Waals surface area contributed by atoms with E-state index in [1.165, 1.54) is 24.3 Å². The fourth-order valence-electron chi connectivity index (χ4n) is 3.54. The molecule has 1 atom stereocenters. The first-order valence-electron chi connectivity index (χ1n) is 13.1. The Balaban J connectivity index is 1.59. The highest BCUT2D eigenvalue weighted by molar-refractivity contribution is 5.98. The number of hydrogen-bond acceptors (Lipinski definition) is 5. The smallest absolute Gasteiger partial charge is 0.338 e. The Hall–Kier alpha value is -4.03. The third-order valence-electron chi connectivity index (χ3n) is 5.31. The number of amides is 1. The zero-order valence-corrected chi connectivity index (χ0v) is 18.8. The highest BCUT2D eigenvalue weighted by Crippen LogP contribution is 2.22. The van der Waals surface area contributed by atoms with Crippen molar-refractivity contribution < 1.29 is 21.2 Å². The van der Waals surface area contributed by atoms with E-state index in [-0.39, 0.29) is 16.7 Å². The van der Waals surface area contributed by atoms with Crippen molar-refractivity contribution in [2.75, 3.05) is 11.8 Å². The molecule has 1 heterocycles. The molecule has 4 rings (SSSR count). The number of nitrogens with two attached hydrogens (primary N) is 1. The first-order chi connectivity index (χ1) is 18.2. The number of anilines is 1. The Labute approximate surface area is 205 Å². The Morgan fingerprint density at radius 1 is 1.06 bits per heavy atom. The normalized spacial score (nSPS) is 15.7. The molecule has 6 heteroatoms. The maximum Gasteiger partial charge on any atom is 0.338 e. The van der Waals surface area contributed by atoms with Crippen LogP contribution in [-0.2, 0) is 16.1 Å². The number of carbonyl (C=O) groups excluding carboxylic acids is 2. The van der Waals surface area contributed by atoms with Crippen LogP contribution in [0.5, 0.6) is 0 Å². The van der Waals surface area contributed by atoms with Gasteiger partial charge in [-0.2, -0.15) is 0 Å². The predicted molar refractivity (Wildman–Crippen MR) is 134 cm³/mol. The number of carbonyl (C=O) groups is 2. The maximum absolute atomic E-state index is 13.3. The monoisotopic (exact) mass is 458 g/mol. The van der Waals surface area contributed by atoms with Crippen molar-refractivity contribution in [1.29, 1.82) is 0 Å². The van der Waals surface area contributed by atoms with Gasteiger partial charge in [0.15, 0.2) is 0 Å². The molecule has 0 unspecified atom stereocenters. The van der Waals surface area contributed by atoms with E-state index in [2.05, 4.69) is 10.3 Å². The molecule has 6 nitrogen and oxygen atoms in total. The maximum atomic E-state index is 13.3. The number of ether oxygens (including phenoxy) is 1. The van der Waals surface area contributed by atoms with E-state index in [0.29, 0.717) is 11.3 Å². The summed E-state index contributed by atoms with van der Waals surface area (Å²) in [4.78, 5) is 30.0. The fraction of sp³-hybridized carbons (Fsp3) is 0.179. The Kier molecular flexibility index (Phi) is 5.27. The molecule has 0 fully saturated rings. The number of aromatic nitrogens is 1. The van der Waals surface area contributed by atoms with Crippen molar-refractivity contribution in [3.63, 3.8) is 0 Å². The molecule has 0 spiro atoms. The van der Waals surface area contributed by atoms with Gasteiger partial charge in [0.25, 0.3) is 0 Å². The lowest BCUT2D eigenvalue weighted by atomic mass is 9.97. The minimum Gasteiger partial charge on any atom is -0.457 e. The lowest BCUT2D eigenvalue weighted by Gasteiger charge is -2.16. The fourth-order valence-corrected chi connectivity index (χ4v) is 3.54. The van der Waals surface area contributed by atoms with Gasteiger partial charge in [-0.05, 0) is 60.2 Å². The number of nitrogens with one attached hydrogen (secondary N) is 1. The van der Waals surface area contributed by atoms with Gasteiger partial charge < -0.3 is 15.8 Å². The summed E-state index contributed by atoms with van der Waals surface area (Å²) >= 11 is 0. The van der Waals surface area contributed by atoms with E-state index in [0.717, 1.165) is 16.3 Å². The molecule has 34 heavy (non-hydrogen) atoms. The van der Waals surface area contributed by atoms with Gasteiger partial charge >= 0.3 is 5.97 Å². The topological polar surface area (TPSA) is 94.3 Å². The van der Waals surface area contributed by atoms with E-state index < -0.39 is 30.8 Å². The molecule has 0 aliphatic heterocycles. The van der Waals surface area contributed by atoms with Gasteiger partial charge in [0.1, 0.15) is 6.56 Å². The highest BCUT2D eigenvalue weighted by atomic mass is 16.5. The third-order valence-corrected chi connectivity index (χ3v) is 5.31. The standard InChI is InChI=1S/C28H27N3O3/c1-18-3-10-25(19(2)13-18)28(33)34-17-20-4-6-21(7-5-20)26(15-29)27(32)31-24-9-8-23-16-30-12-11-22(23)14-24/h3-14,16,26H,15,17,29H2,1-2H3,(H,31,32)/t26-/m1/s1/i15D2,17D2,26D. The molecule has 0 bridgehead atoms. The average molecular weight is 459 g/mol. The number of esters is 1. The summed E-state index contributed by atoms with van der Waals surface area (Å²) in [5.41, 5.74) is 7.68. The molecule has 0 aliphatic carbocycles. The molecule has 0 radical (unpaired) electrons. The van der Waals surface area contributed by atoms with E-state index >= 15 is 0 Å². The number of rotatable bonds is 7. The number of pyridine rings is 1. The highest BCUT2D eigenvalue weighted by Gasteiger charge is 2.19. The molecule has 1 amide bonds. The van der Waals surface area contributed by atoms with E-state index in [1.54, 1.807) is 61.8 Å². The van der Waals surface area contributed by atoms with E-state index in [1.807, 2.05) is 6.92 Å². The lowest BCUT2D eigenvalue weighted by molar-refractivity contribution is -0.117. The molecule has 3 N–H and O–H groups in total. The number of benzene rings is 3. The van der Waals surface area contributed by atoms with Gasteiger partial charge in [-0.3, -0.25) is 9.78 Å². The van der Waals surface area contributed by atoms with E-state index in [9.17, 15) is 9.59 Å². The number of fused-ring (bicyclic) bond motifs is 1. The van der Waals surface area contributed by atoms with Gasteiger partial charge in [0, 0.05) is 34.1 Å². The van der Waals surface area contributed by atoms with Gasteiger partial charge in [-0.15, -0.1) is 0 Å².